The van der Waals surface area contributed by atoms with Crippen LogP contribution in [0, 0.1) is 11.3 Å². The molecule has 5 heteroatoms. The highest BCUT2D eigenvalue weighted by Gasteiger charge is 2.22. The number of nitrogens with one attached hydrogen (secondary N) is 1. The van der Waals surface area contributed by atoms with Crippen molar-refractivity contribution in [3.05, 3.63) is 70.2 Å². The highest BCUT2D eigenvalue weighted by atomic mass is 35.5. The molecule has 1 atom stereocenters. The minimum atomic E-state index is -0.663. The maximum Gasteiger partial charge on any atom is 0.327 e. The normalized spacial score (nSPS) is 11.5. The topological polar surface area (TPSA) is 62.1 Å². The molecular formula is C17H15ClN2O2. The molecule has 0 spiro atoms. The molecule has 0 aliphatic carbocycles. The molecule has 1 N–H and O–H groups in total. The minimum absolute atomic E-state index is 0.412. The zero-order chi connectivity index (χ0) is 15.9. The molecule has 112 valence electrons. The summed E-state index contributed by atoms with van der Waals surface area (Å²) in [7, 11) is 1.34. The van der Waals surface area contributed by atoms with Gasteiger partial charge in [-0.1, -0.05) is 41.9 Å². The lowest BCUT2D eigenvalue weighted by Gasteiger charge is -2.18. The van der Waals surface area contributed by atoms with E-state index < -0.39 is 12.0 Å². The van der Waals surface area contributed by atoms with Crippen LogP contribution in [0.1, 0.15) is 22.7 Å². The molecule has 0 amide bonds. The summed E-state index contributed by atoms with van der Waals surface area (Å²) >= 11 is 6.16. The Morgan fingerprint density at radius 2 is 2.09 bits per heavy atom. The van der Waals surface area contributed by atoms with E-state index in [0.717, 1.165) is 5.56 Å². The first-order valence-corrected chi connectivity index (χ1v) is 7.08. The number of hydrogen-bond acceptors (Lipinski definition) is 4. The maximum absolute atomic E-state index is 12.0. The highest BCUT2D eigenvalue weighted by Crippen LogP contribution is 2.24. The molecule has 0 fully saturated rings. The minimum Gasteiger partial charge on any atom is -0.468 e. The number of esters is 1. The zero-order valence-electron chi connectivity index (χ0n) is 12.0. The van der Waals surface area contributed by atoms with Crippen LogP contribution in [-0.4, -0.2) is 13.1 Å². The van der Waals surface area contributed by atoms with Crippen LogP contribution in [0.15, 0.2) is 48.5 Å². The number of carbonyl (C=O) groups excluding carboxylic acids is 1. The van der Waals surface area contributed by atoms with Crippen molar-refractivity contribution in [1.29, 1.82) is 5.26 Å². The monoisotopic (exact) mass is 314 g/mol. The van der Waals surface area contributed by atoms with Gasteiger partial charge in [0.05, 0.1) is 18.7 Å². The molecule has 0 saturated heterocycles. The molecule has 0 aliphatic heterocycles. The standard InChI is InChI=1S/C17H15ClN2O2/c1-22-17(21)16(14-7-2-3-8-15(14)18)20-11-13-6-4-5-12(9-13)10-19/h2-9,16,20H,11H2,1H3/t16-/m0/s1. The molecule has 0 unspecified atom stereocenters. The van der Waals surface area contributed by atoms with E-state index in [1.807, 2.05) is 12.1 Å². The molecule has 0 saturated carbocycles. The Morgan fingerprint density at radius 3 is 2.77 bits per heavy atom. The summed E-state index contributed by atoms with van der Waals surface area (Å²) in [5, 5.41) is 12.5. The van der Waals surface area contributed by atoms with Gasteiger partial charge in [0.2, 0.25) is 0 Å². The SMILES string of the molecule is COC(=O)[C@@H](NCc1cccc(C#N)c1)c1ccccc1Cl. The molecule has 0 aliphatic rings. The second kappa shape index (κ2) is 7.60. The van der Waals surface area contributed by atoms with Crippen LogP contribution >= 0.6 is 11.6 Å². The van der Waals surface area contributed by atoms with Crippen LogP contribution in [0.25, 0.3) is 0 Å². The van der Waals surface area contributed by atoms with Gasteiger partial charge in [-0.05, 0) is 29.3 Å². The van der Waals surface area contributed by atoms with Gasteiger partial charge in [-0.3, -0.25) is 5.32 Å². The predicted octanol–water partition coefficient (Wildman–Crippen LogP) is 3.22. The Bertz CT molecular complexity index is 710. The summed E-state index contributed by atoms with van der Waals surface area (Å²) in [6.07, 6.45) is 0. The van der Waals surface area contributed by atoms with E-state index in [2.05, 4.69) is 11.4 Å². The lowest BCUT2D eigenvalue weighted by Crippen LogP contribution is -2.29. The maximum atomic E-state index is 12.0. The van der Waals surface area contributed by atoms with Gasteiger partial charge < -0.3 is 4.74 Å². The number of nitriles is 1. The summed E-state index contributed by atoms with van der Waals surface area (Å²) in [4.78, 5) is 12.0. The van der Waals surface area contributed by atoms with Gasteiger partial charge >= 0.3 is 5.97 Å². The van der Waals surface area contributed by atoms with Crippen molar-refractivity contribution in [2.45, 2.75) is 12.6 Å². The van der Waals surface area contributed by atoms with Crippen LogP contribution in [-0.2, 0) is 16.1 Å². The Kier molecular flexibility index (Phi) is 5.54. The first-order chi connectivity index (χ1) is 10.7. The average molecular weight is 315 g/mol. The molecule has 0 radical (unpaired) electrons. The zero-order valence-corrected chi connectivity index (χ0v) is 12.8. The summed E-state index contributed by atoms with van der Waals surface area (Å²) in [6, 6.07) is 15.7. The van der Waals surface area contributed by atoms with Gasteiger partial charge in [0.15, 0.2) is 0 Å². The van der Waals surface area contributed by atoms with E-state index in [0.29, 0.717) is 22.7 Å². The smallest absolute Gasteiger partial charge is 0.327 e. The Balaban J connectivity index is 2.19. The summed E-state index contributed by atoms with van der Waals surface area (Å²) in [5.41, 5.74) is 2.14. The molecule has 2 aromatic rings. The molecule has 2 aromatic carbocycles. The van der Waals surface area contributed by atoms with E-state index in [-0.39, 0.29) is 0 Å². The fourth-order valence-corrected chi connectivity index (χ4v) is 2.36. The summed E-state index contributed by atoms with van der Waals surface area (Å²) in [6.45, 7) is 0.417. The summed E-state index contributed by atoms with van der Waals surface area (Å²) in [5.74, 6) is -0.412. The number of nitrogens with zero attached hydrogens (tertiary/aromatic N) is 1. The number of ether oxygens (including phenoxy) is 1. The predicted molar refractivity (Wildman–Crippen MR) is 84.2 cm³/mol. The van der Waals surface area contributed by atoms with E-state index >= 15 is 0 Å². The number of methoxy groups -OCH3 is 1. The van der Waals surface area contributed by atoms with Gasteiger partial charge in [-0.2, -0.15) is 5.26 Å². The molecule has 2 rings (SSSR count). The number of benzene rings is 2. The van der Waals surface area contributed by atoms with Gasteiger partial charge in [-0.15, -0.1) is 0 Å². The molecule has 0 bridgehead atoms. The third-order valence-electron chi connectivity index (χ3n) is 3.22. The molecule has 0 aromatic heterocycles. The third kappa shape index (κ3) is 3.85. The average Bonchev–Trinajstić information content (AvgIpc) is 2.56. The lowest BCUT2D eigenvalue weighted by atomic mass is 10.1. The lowest BCUT2D eigenvalue weighted by molar-refractivity contribution is -0.143. The molecular weight excluding hydrogens is 300 g/mol. The molecule has 0 heterocycles. The summed E-state index contributed by atoms with van der Waals surface area (Å²) < 4.78 is 4.84. The van der Waals surface area contributed by atoms with Crippen molar-refractivity contribution in [2.75, 3.05) is 7.11 Å². The van der Waals surface area contributed by atoms with Crippen molar-refractivity contribution in [3.8, 4) is 6.07 Å². The molecule has 22 heavy (non-hydrogen) atoms. The second-order valence-corrected chi connectivity index (χ2v) is 5.08. The quantitative estimate of drug-likeness (QED) is 0.861. The fraction of sp³-hybridized carbons (Fsp3) is 0.176. The Morgan fingerprint density at radius 1 is 1.32 bits per heavy atom. The van der Waals surface area contributed by atoms with Crippen LogP contribution < -0.4 is 5.32 Å². The van der Waals surface area contributed by atoms with E-state index in [1.165, 1.54) is 7.11 Å². The van der Waals surface area contributed by atoms with E-state index in [4.69, 9.17) is 21.6 Å². The van der Waals surface area contributed by atoms with Crippen molar-refractivity contribution < 1.29 is 9.53 Å². The van der Waals surface area contributed by atoms with Gasteiger partial charge in [0.25, 0.3) is 0 Å². The number of halogens is 1. The van der Waals surface area contributed by atoms with Crippen LogP contribution in [0.2, 0.25) is 5.02 Å². The van der Waals surface area contributed by atoms with Gasteiger partial charge in [-0.25, -0.2) is 4.79 Å². The first kappa shape index (κ1) is 16.0. The third-order valence-corrected chi connectivity index (χ3v) is 3.56. The molecule has 4 nitrogen and oxygen atoms in total. The van der Waals surface area contributed by atoms with Crippen LogP contribution in [0.3, 0.4) is 0 Å². The Labute approximate surface area is 134 Å². The van der Waals surface area contributed by atoms with Gasteiger partial charge in [0.1, 0.15) is 6.04 Å². The van der Waals surface area contributed by atoms with E-state index in [1.54, 1.807) is 36.4 Å². The van der Waals surface area contributed by atoms with Crippen LogP contribution in [0.5, 0.6) is 0 Å². The number of rotatable bonds is 5. The first-order valence-electron chi connectivity index (χ1n) is 6.70. The highest BCUT2D eigenvalue weighted by molar-refractivity contribution is 6.31. The van der Waals surface area contributed by atoms with Crippen molar-refractivity contribution in [3.63, 3.8) is 0 Å². The largest absolute Gasteiger partial charge is 0.468 e. The van der Waals surface area contributed by atoms with Crippen molar-refractivity contribution in [2.24, 2.45) is 0 Å². The Hall–Kier alpha value is -2.35. The van der Waals surface area contributed by atoms with Crippen molar-refractivity contribution in [1.82, 2.24) is 5.32 Å². The van der Waals surface area contributed by atoms with Crippen LogP contribution in [0.4, 0.5) is 0 Å². The van der Waals surface area contributed by atoms with Gasteiger partial charge in [0, 0.05) is 11.6 Å². The van der Waals surface area contributed by atoms with E-state index in [9.17, 15) is 4.79 Å². The second-order valence-electron chi connectivity index (χ2n) is 4.67. The fourth-order valence-electron chi connectivity index (χ4n) is 2.12. The van der Waals surface area contributed by atoms with Crippen molar-refractivity contribution >= 4 is 17.6 Å². The number of hydrogen-bond donors (Lipinski definition) is 1. The number of carbonyl (C=O) groups is 1.